The van der Waals surface area contributed by atoms with Crippen molar-refractivity contribution in [3.05, 3.63) is 58.7 Å². The normalized spacial score (nSPS) is 15.2. The number of aryl methyl sites for hydroxylation is 2. The van der Waals surface area contributed by atoms with Gasteiger partial charge in [-0.25, -0.2) is 4.98 Å². The highest BCUT2D eigenvalue weighted by Crippen LogP contribution is 2.37. The van der Waals surface area contributed by atoms with Crippen LogP contribution in [0.25, 0.3) is 21.0 Å². The van der Waals surface area contributed by atoms with E-state index in [9.17, 15) is 0 Å². The molecule has 148 valence electrons. The van der Waals surface area contributed by atoms with E-state index in [2.05, 4.69) is 43.0 Å². The lowest BCUT2D eigenvalue weighted by molar-refractivity contribution is 0.0330. The van der Waals surface area contributed by atoms with E-state index < -0.39 is 0 Å². The highest BCUT2D eigenvalue weighted by Gasteiger charge is 2.19. The lowest BCUT2D eigenvalue weighted by Gasteiger charge is -2.25. The fourth-order valence-electron chi connectivity index (χ4n) is 3.70. The van der Waals surface area contributed by atoms with Gasteiger partial charge in [0.25, 0.3) is 0 Å². The molecule has 2 aromatic carbocycles. The molecule has 0 unspecified atom stereocenters. The van der Waals surface area contributed by atoms with Crippen molar-refractivity contribution in [2.45, 2.75) is 20.4 Å². The number of aromatic nitrogens is 2. The largest absolute Gasteiger partial charge is 0.438 e. The minimum absolute atomic E-state index is 0.649. The molecule has 3 heterocycles. The van der Waals surface area contributed by atoms with Gasteiger partial charge in [0.1, 0.15) is 16.4 Å². The molecule has 5 rings (SSSR count). The molecule has 0 saturated carbocycles. The van der Waals surface area contributed by atoms with Crippen molar-refractivity contribution in [1.29, 1.82) is 0 Å². The summed E-state index contributed by atoms with van der Waals surface area (Å²) in [7, 11) is 0. The third-order valence-electron chi connectivity index (χ3n) is 5.45. The second-order valence-corrected chi connectivity index (χ2v) is 8.61. The van der Waals surface area contributed by atoms with Crippen molar-refractivity contribution < 1.29 is 9.47 Å². The summed E-state index contributed by atoms with van der Waals surface area (Å²) in [4.78, 5) is 14.3. The van der Waals surface area contributed by atoms with Crippen LogP contribution in [-0.2, 0) is 11.3 Å². The number of fused-ring (bicyclic) bond motifs is 2. The van der Waals surface area contributed by atoms with Crippen LogP contribution in [0.2, 0.25) is 0 Å². The highest BCUT2D eigenvalue weighted by atomic mass is 32.1. The van der Waals surface area contributed by atoms with Crippen molar-refractivity contribution in [3.63, 3.8) is 0 Å². The first-order valence-electron chi connectivity index (χ1n) is 9.91. The van der Waals surface area contributed by atoms with E-state index in [4.69, 9.17) is 19.4 Å². The average molecular weight is 406 g/mol. The van der Waals surface area contributed by atoms with E-state index in [1.807, 2.05) is 18.2 Å². The van der Waals surface area contributed by atoms with Crippen molar-refractivity contribution in [3.8, 4) is 11.6 Å². The van der Waals surface area contributed by atoms with Gasteiger partial charge in [-0.2, -0.15) is 4.98 Å². The number of thiophene rings is 1. The quantitative estimate of drug-likeness (QED) is 0.473. The maximum atomic E-state index is 6.34. The smallest absolute Gasteiger partial charge is 0.231 e. The van der Waals surface area contributed by atoms with Crippen LogP contribution < -0.4 is 4.74 Å². The summed E-state index contributed by atoms with van der Waals surface area (Å²) in [6.07, 6.45) is 0. The zero-order valence-corrected chi connectivity index (χ0v) is 17.5. The van der Waals surface area contributed by atoms with Gasteiger partial charge < -0.3 is 9.47 Å². The molecule has 1 fully saturated rings. The fraction of sp³-hybridized carbons (Fsp3) is 0.304. The number of hydrogen-bond acceptors (Lipinski definition) is 6. The maximum Gasteiger partial charge on any atom is 0.231 e. The predicted molar refractivity (Wildman–Crippen MR) is 117 cm³/mol. The molecule has 0 amide bonds. The lowest BCUT2D eigenvalue weighted by Crippen LogP contribution is -2.36. The summed E-state index contributed by atoms with van der Waals surface area (Å²) in [5.41, 5.74) is 1.19. The number of benzene rings is 2. The van der Waals surface area contributed by atoms with E-state index in [0.717, 1.165) is 53.5 Å². The van der Waals surface area contributed by atoms with Gasteiger partial charge >= 0.3 is 0 Å². The van der Waals surface area contributed by atoms with Crippen molar-refractivity contribution >= 4 is 32.3 Å². The third-order valence-corrected chi connectivity index (χ3v) is 6.55. The van der Waals surface area contributed by atoms with Gasteiger partial charge in [0.15, 0.2) is 0 Å². The Hall–Kier alpha value is -2.54. The fourth-order valence-corrected chi connectivity index (χ4v) is 4.74. The van der Waals surface area contributed by atoms with Crippen LogP contribution in [0, 0.1) is 13.8 Å². The Kier molecular flexibility index (Phi) is 4.91. The average Bonchev–Trinajstić information content (AvgIpc) is 3.02. The van der Waals surface area contributed by atoms with E-state index >= 15 is 0 Å². The maximum absolute atomic E-state index is 6.34. The van der Waals surface area contributed by atoms with Crippen LogP contribution in [0.5, 0.6) is 11.6 Å². The zero-order valence-electron chi connectivity index (χ0n) is 16.6. The summed E-state index contributed by atoms with van der Waals surface area (Å²) in [5.74, 6) is 2.25. The van der Waals surface area contributed by atoms with Gasteiger partial charge in [0, 0.05) is 18.0 Å². The second-order valence-electron chi connectivity index (χ2n) is 7.41. The molecular formula is C23H23N3O2S. The third kappa shape index (κ3) is 3.71. The van der Waals surface area contributed by atoms with Crippen LogP contribution in [0.1, 0.15) is 16.3 Å². The van der Waals surface area contributed by atoms with E-state index in [1.165, 1.54) is 15.8 Å². The van der Waals surface area contributed by atoms with Crippen molar-refractivity contribution in [2.24, 2.45) is 0 Å². The summed E-state index contributed by atoms with van der Waals surface area (Å²) in [5, 5.41) is 3.37. The van der Waals surface area contributed by atoms with Gasteiger partial charge in [0.05, 0.1) is 25.1 Å². The second kappa shape index (κ2) is 7.71. The molecule has 2 aromatic heterocycles. The molecule has 29 heavy (non-hydrogen) atoms. The molecule has 5 nitrogen and oxygen atoms in total. The van der Waals surface area contributed by atoms with Crippen LogP contribution in [0.15, 0.2) is 42.5 Å². The molecule has 0 bridgehead atoms. The molecule has 6 heteroatoms. The Morgan fingerprint density at radius 3 is 2.66 bits per heavy atom. The minimum atomic E-state index is 0.649. The molecule has 4 aromatic rings. The number of morpholine rings is 1. The number of nitrogens with zero attached hydrogens (tertiary/aromatic N) is 3. The first kappa shape index (κ1) is 18.5. The van der Waals surface area contributed by atoms with Crippen molar-refractivity contribution in [2.75, 3.05) is 26.3 Å². The summed E-state index contributed by atoms with van der Waals surface area (Å²) in [6.45, 7) is 8.30. The Morgan fingerprint density at radius 1 is 1.03 bits per heavy atom. The Bertz CT molecular complexity index is 1180. The van der Waals surface area contributed by atoms with Gasteiger partial charge in [-0.1, -0.05) is 30.3 Å². The molecule has 1 aliphatic heterocycles. The molecule has 1 saturated heterocycles. The van der Waals surface area contributed by atoms with Crippen LogP contribution in [0.4, 0.5) is 0 Å². The van der Waals surface area contributed by atoms with Crippen LogP contribution >= 0.6 is 11.3 Å². The monoisotopic (exact) mass is 405 g/mol. The molecule has 0 aliphatic carbocycles. The Morgan fingerprint density at radius 2 is 1.83 bits per heavy atom. The lowest BCUT2D eigenvalue weighted by atomic mass is 10.1. The molecule has 0 N–H and O–H groups in total. The Labute approximate surface area is 173 Å². The van der Waals surface area contributed by atoms with Gasteiger partial charge in [0.2, 0.25) is 5.88 Å². The van der Waals surface area contributed by atoms with Gasteiger partial charge in [-0.15, -0.1) is 11.3 Å². The molecular weight excluding hydrogens is 382 g/mol. The number of rotatable bonds is 4. The number of ether oxygens (including phenoxy) is 2. The SMILES string of the molecule is Cc1sc2nc(CN3CCOCC3)nc(Oc3ccc4ccccc4c3)c2c1C. The van der Waals surface area contributed by atoms with Gasteiger partial charge in [-0.05, 0) is 42.3 Å². The van der Waals surface area contributed by atoms with E-state index in [0.29, 0.717) is 12.4 Å². The first-order chi connectivity index (χ1) is 14.2. The van der Waals surface area contributed by atoms with Crippen LogP contribution in [0.3, 0.4) is 0 Å². The molecule has 1 aliphatic rings. The first-order valence-corrected chi connectivity index (χ1v) is 10.7. The number of hydrogen-bond donors (Lipinski definition) is 0. The van der Waals surface area contributed by atoms with E-state index in [-0.39, 0.29) is 0 Å². The zero-order chi connectivity index (χ0) is 19.8. The highest BCUT2D eigenvalue weighted by molar-refractivity contribution is 7.18. The standard InChI is InChI=1S/C23H23N3O2S/c1-15-16(2)29-23-21(15)22(24-20(25-23)14-26-9-11-27-12-10-26)28-19-8-7-17-5-3-4-6-18(17)13-19/h3-8,13H,9-12,14H2,1-2H3. The summed E-state index contributed by atoms with van der Waals surface area (Å²) in [6, 6.07) is 14.5. The van der Waals surface area contributed by atoms with E-state index in [1.54, 1.807) is 11.3 Å². The molecule has 0 atom stereocenters. The summed E-state index contributed by atoms with van der Waals surface area (Å²) < 4.78 is 11.8. The van der Waals surface area contributed by atoms with Gasteiger partial charge in [-0.3, -0.25) is 4.90 Å². The summed E-state index contributed by atoms with van der Waals surface area (Å²) >= 11 is 1.71. The van der Waals surface area contributed by atoms with Crippen LogP contribution in [-0.4, -0.2) is 41.2 Å². The topological polar surface area (TPSA) is 47.5 Å². The Balaban J connectivity index is 1.54. The molecule has 0 radical (unpaired) electrons. The minimum Gasteiger partial charge on any atom is -0.438 e. The predicted octanol–water partition coefficient (Wildman–Crippen LogP) is 5.09. The molecule has 0 spiro atoms. The van der Waals surface area contributed by atoms with Crippen molar-refractivity contribution in [1.82, 2.24) is 14.9 Å².